The van der Waals surface area contributed by atoms with E-state index in [0.29, 0.717) is 13.2 Å². The lowest BCUT2D eigenvalue weighted by Gasteiger charge is -2.39. The van der Waals surface area contributed by atoms with Gasteiger partial charge in [-0.25, -0.2) is 0 Å². The highest BCUT2D eigenvalue weighted by atomic mass is 31.2. The summed E-state index contributed by atoms with van der Waals surface area (Å²) in [5, 5.41) is -0.533. The zero-order chi connectivity index (χ0) is 15.3. The average Bonchev–Trinajstić information content (AvgIpc) is 2.84. The maximum Gasteiger partial charge on any atom is 0.350 e. The monoisotopic (exact) mass is 311 g/mol. The molecule has 0 aliphatic carbocycles. The molecule has 21 heavy (non-hydrogen) atoms. The van der Waals surface area contributed by atoms with Crippen molar-refractivity contribution in [2.75, 3.05) is 19.8 Å². The SMILES string of the molecule is CCOP(=O)(OCC)C1(C)CCCN1Cc1ccccc1. The molecular weight excluding hydrogens is 285 g/mol. The van der Waals surface area contributed by atoms with Gasteiger partial charge in [-0.2, -0.15) is 0 Å². The topological polar surface area (TPSA) is 38.8 Å². The fraction of sp³-hybridized carbons (Fsp3) is 0.625. The highest BCUT2D eigenvalue weighted by Gasteiger charge is 2.53. The van der Waals surface area contributed by atoms with Crippen molar-refractivity contribution in [3.05, 3.63) is 35.9 Å². The molecule has 1 fully saturated rings. The normalized spacial score (nSPS) is 23.6. The van der Waals surface area contributed by atoms with Crippen molar-refractivity contribution in [2.45, 2.75) is 45.4 Å². The van der Waals surface area contributed by atoms with Crippen molar-refractivity contribution in [1.29, 1.82) is 0 Å². The Labute approximate surface area is 128 Å². The van der Waals surface area contributed by atoms with Gasteiger partial charge in [0.25, 0.3) is 0 Å². The Bertz CT molecular complexity index is 484. The molecule has 1 aliphatic heterocycles. The Morgan fingerprint density at radius 3 is 2.38 bits per heavy atom. The molecule has 1 atom stereocenters. The molecule has 1 heterocycles. The van der Waals surface area contributed by atoms with E-state index in [0.717, 1.165) is 25.9 Å². The van der Waals surface area contributed by atoms with Gasteiger partial charge in [-0.05, 0) is 45.7 Å². The fourth-order valence-corrected chi connectivity index (χ4v) is 5.28. The Balaban J connectivity index is 2.23. The summed E-state index contributed by atoms with van der Waals surface area (Å²) < 4.78 is 24.5. The van der Waals surface area contributed by atoms with E-state index < -0.39 is 12.9 Å². The molecule has 1 unspecified atom stereocenters. The summed E-state index contributed by atoms with van der Waals surface area (Å²) in [4.78, 5) is 2.26. The number of likely N-dealkylation sites (tertiary alicyclic amines) is 1. The molecule has 1 aliphatic rings. The quantitative estimate of drug-likeness (QED) is 0.705. The molecule has 0 bridgehead atoms. The molecule has 1 saturated heterocycles. The summed E-state index contributed by atoms with van der Waals surface area (Å²) in [5.74, 6) is 0. The minimum absolute atomic E-state index is 0.409. The molecule has 2 rings (SSSR count). The first-order chi connectivity index (χ1) is 10.1. The second-order valence-corrected chi connectivity index (χ2v) is 8.04. The Morgan fingerprint density at radius 2 is 1.81 bits per heavy atom. The number of nitrogens with zero attached hydrogens (tertiary/aromatic N) is 1. The molecule has 1 aromatic carbocycles. The van der Waals surface area contributed by atoms with Gasteiger partial charge in [0, 0.05) is 6.54 Å². The van der Waals surface area contributed by atoms with Crippen LogP contribution >= 0.6 is 7.60 Å². The van der Waals surface area contributed by atoms with Crippen LogP contribution in [0.1, 0.15) is 39.2 Å². The lowest BCUT2D eigenvalue weighted by molar-refractivity contribution is 0.135. The summed E-state index contributed by atoms with van der Waals surface area (Å²) in [7, 11) is -3.15. The predicted molar refractivity (Wildman–Crippen MR) is 85.3 cm³/mol. The van der Waals surface area contributed by atoms with E-state index in [-0.39, 0.29) is 0 Å². The number of rotatable bonds is 7. The second kappa shape index (κ2) is 7.06. The molecule has 0 N–H and O–H groups in total. The molecule has 1 aromatic rings. The molecule has 0 amide bonds. The second-order valence-electron chi connectivity index (χ2n) is 5.56. The number of hydrogen-bond acceptors (Lipinski definition) is 4. The lowest BCUT2D eigenvalue weighted by Crippen LogP contribution is -2.41. The summed E-state index contributed by atoms with van der Waals surface area (Å²) in [6.07, 6.45) is 1.87. The van der Waals surface area contributed by atoms with Crippen molar-refractivity contribution < 1.29 is 13.6 Å². The molecule has 0 radical (unpaired) electrons. The standard InChI is InChI=1S/C16H26NO3P/c1-4-19-21(18,20-5-2)16(3)12-9-13-17(16)14-15-10-7-6-8-11-15/h6-8,10-11H,4-5,9,12-14H2,1-3H3. The van der Waals surface area contributed by atoms with Crippen LogP contribution in [0.2, 0.25) is 0 Å². The molecule has 5 heteroatoms. The Hall–Kier alpha value is -0.670. The van der Waals surface area contributed by atoms with Gasteiger partial charge in [0.1, 0.15) is 5.28 Å². The highest BCUT2D eigenvalue weighted by molar-refractivity contribution is 7.55. The van der Waals surface area contributed by atoms with Crippen LogP contribution in [-0.2, 0) is 20.2 Å². The van der Waals surface area contributed by atoms with E-state index in [1.807, 2.05) is 39.0 Å². The minimum atomic E-state index is -3.15. The van der Waals surface area contributed by atoms with Crippen LogP contribution in [0.5, 0.6) is 0 Å². The molecule has 0 spiro atoms. The Morgan fingerprint density at radius 1 is 1.19 bits per heavy atom. The van der Waals surface area contributed by atoms with E-state index in [4.69, 9.17) is 9.05 Å². The average molecular weight is 311 g/mol. The van der Waals surface area contributed by atoms with E-state index >= 15 is 0 Å². The summed E-state index contributed by atoms with van der Waals surface area (Å²) in [6, 6.07) is 10.3. The van der Waals surface area contributed by atoms with Crippen LogP contribution in [0.3, 0.4) is 0 Å². The molecular formula is C16H26NO3P. The third-order valence-electron chi connectivity index (χ3n) is 4.16. The lowest BCUT2D eigenvalue weighted by atomic mass is 10.2. The van der Waals surface area contributed by atoms with Crippen LogP contribution in [-0.4, -0.2) is 29.9 Å². The van der Waals surface area contributed by atoms with E-state index in [1.54, 1.807) is 0 Å². The van der Waals surface area contributed by atoms with Crippen LogP contribution in [0, 0.1) is 0 Å². The van der Waals surface area contributed by atoms with Crippen molar-refractivity contribution in [3.8, 4) is 0 Å². The number of benzene rings is 1. The third kappa shape index (κ3) is 3.40. The molecule has 0 saturated carbocycles. The van der Waals surface area contributed by atoms with Gasteiger partial charge in [-0.1, -0.05) is 30.3 Å². The van der Waals surface area contributed by atoms with Crippen molar-refractivity contribution >= 4 is 7.60 Å². The van der Waals surface area contributed by atoms with Gasteiger partial charge in [0.15, 0.2) is 0 Å². The summed E-state index contributed by atoms with van der Waals surface area (Å²) >= 11 is 0. The fourth-order valence-electron chi connectivity index (χ4n) is 3.02. The predicted octanol–water partition coefficient (Wildman–Crippen LogP) is 4.26. The van der Waals surface area contributed by atoms with Gasteiger partial charge in [0.05, 0.1) is 13.2 Å². The Kier molecular flexibility index (Phi) is 5.61. The van der Waals surface area contributed by atoms with Crippen LogP contribution < -0.4 is 0 Å². The number of hydrogen-bond donors (Lipinski definition) is 0. The van der Waals surface area contributed by atoms with Gasteiger partial charge in [-0.3, -0.25) is 9.46 Å². The maximum absolute atomic E-state index is 13.3. The van der Waals surface area contributed by atoms with Gasteiger partial charge in [0.2, 0.25) is 0 Å². The van der Waals surface area contributed by atoms with E-state index in [1.165, 1.54) is 5.56 Å². The zero-order valence-corrected chi connectivity index (χ0v) is 14.1. The summed E-state index contributed by atoms with van der Waals surface area (Å²) in [5.41, 5.74) is 1.23. The first-order valence-electron chi connectivity index (χ1n) is 7.74. The van der Waals surface area contributed by atoms with Crippen LogP contribution in [0.4, 0.5) is 0 Å². The first kappa shape index (κ1) is 16.7. The van der Waals surface area contributed by atoms with Crippen LogP contribution in [0.25, 0.3) is 0 Å². The smallest absolute Gasteiger partial charge is 0.308 e. The van der Waals surface area contributed by atoms with E-state index in [2.05, 4.69) is 17.0 Å². The zero-order valence-electron chi connectivity index (χ0n) is 13.2. The van der Waals surface area contributed by atoms with Gasteiger partial charge in [-0.15, -0.1) is 0 Å². The van der Waals surface area contributed by atoms with Gasteiger partial charge < -0.3 is 9.05 Å². The molecule has 4 nitrogen and oxygen atoms in total. The largest absolute Gasteiger partial charge is 0.350 e. The molecule has 118 valence electrons. The molecule has 0 aromatic heterocycles. The minimum Gasteiger partial charge on any atom is -0.308 e. The van der Waals surface area contributed by atoms with Crippen molar-refractivity contribution in [2.24, 2.45) is 0 Å². The maximum atomic E-state index is 13.3. The highest BCUT2D eigenvalue weighted by Crippen LogP contribution is 2.64. The third-order valence-corrected chi connectivity index (χ3v) is 7.05. The summed E-state index contributed by atoms with van der Waals surface area (Å²) in [6.45, 7) is 8.28. The van der Waals surface area contributed by atoms with E-state index in [9.17, 15) is 4.57 Å². The van der Waals surface area contributed by atoms with Crippen molar-refractivity contribution in [1.82, 2.24) is 4.90 Å². The van der Waals surface area contributed by atoms with Crippen molar-refractivity contribution in [3.63, 3.8) is 0 Å². The van der Waals surface area contributed by atoms with Gasteiger partial charge >= 0.3 is 7.60 Å². The van der Waals surface area contributed by atoms with Crippen LogP contribution in [0.15, 0.2) is 30.3 Å². The first-order valence-corrected chi connectivity index (χ1v) is 9.28.